The number of hydrogen-bond donors (Lipinski definition) is 3. The van der Waals surface area contributed by atoms with Crippen LogP contribution in [0.25, 0.3) is 0 Å². The van der Waals surface area contributed by atoms with Crippen LogP contribution in [0.5, 0.6) is 0 Å². The van der Waals surface area contributed by atoms with E-state index in [1.807, 2.05) is 18.2 Å². The molecule has 0 radical (unpaired) electrons. The lowest BCUT2D eigenvalue weighted by atomic mass is 10.2. The summed E-state index contributed by atoms with van der Waals surface area (Å²) in [6.07, 6.45) is 0. The van der Waals surface area contributed by atoms with E-state index in [-0.39, 0.29) is 0 Å². The minimum Gasteiger partial charge on any atom is -0.399 e. The smallest absolute Gasteiger partial charge is 0.0947 e. The Labute approximate surface area is 90.4 Å². The lowest BCUT2D eigenvalue weighted by molar-refractivity contribution is -0.880. The number of likely N-dealkylation sites (N-methyl/N-ethyl adjacent to an activating group) is 1. The van der Waals surface area contributed by atoms with Gasteiger partial charge < -0.3 is 21.3 Å². The highest BCUT2D eigenvalue weighted by Crippen LogP contribution is 2.25. The molecule has 1 fully saturated rings. The van der Waals surface area contributed by atoms with Crippen molar-refractivity contribution < 1.29 is 4.90 Å². The summed E-state index contributed by atoms with van der Waals surface area (Å²) in [6.45, 7) is 4.48. The molecule has 15 heavy (non-hydrogen) atoms. The standard InChI is InChI=1S/C11H18N4/c1-14-4-6-15(7-5-14)11-3-2-9(12)8-10(11)13/h2-3,8H,4-7,12-13H2,1H3/p+1. The molecule has 1 heterocycles. The first kappa shape index (κ1) is 10.1. The number of anilines is 3. The first-order valence-corrected chi connectivity index (χ1v) is 5.38. The van der Waals surface area contributed by atoms with Gasteiger partial charge in [0.2, 0.25) is 0 Å². The summed E-state index contributed by atoms with van der Waals surface area (Å²) in [5.74, 6) is 0. The lowest BCUT2D eigenvalue weighted by Crippen LogP contribution is -3.12. The van der Waals surface area contributed by atoms with Gasteiger partial charge in [-0.05, 0) is 18.2 Å². The predicted octanol–water partition coefficient (Wildman–Crippen LogP) is -0.814. The van der Waals surface area contributed by atoms with Gasteiger partial charge in [0.05, 0.1) is 44.6 Å². The molecule has 1 aliphatic rings. The fourth-order valence-electron chi connectivity index (χ4n) is 1.99. The second kappa shape index (κ2) is 3.98. The number of quaternary nitrogens is 1. The topological polar surface area (TPSA) is 59.7 Å². The van der Waals surface area contributed by atoms with Crippen LogP contribution in [0.2, 0.25) is 0 Å². The van der Waals surface area contributed by atoms with Gasteiger partial charge >= 0.3 is 0 Å². The number of piperazine rings is 1. The average Bonchev–Trinajstić information content (AvgIpc) is 2.20. The second-order valence-corrected chi connectivity index (χ2v) is 4.26. The van der Waals surface area contributed by atoms with Gasteiger partial charge in [0.25, 0.3) is 0 Å². The summed E-state index contributed by atoms with van der Waals surface area (Å²) in [4.78, 5) is 3.92. The summed E-state index contributed by atoms with van der Waals surface area (Å²) in [7, 11) is 2.23. The molecule has 0 amide bonds. The van der Waals surface area contributed by atoms with Crippen LogP contribution in [-0.4, -0.2) is 33.2 Å². The van der Waals surface area contributed by atoms with Gasteiger partial charge in [0.1, 0.15) is 0 Å². The molecule has 1 aliphatic heterocycles. The Morgan fingerprint density at radius 1 is 1.20 bits per heavy atom. The molecule has 1 aromatic carbocycles. The summed E-state index contributed by atoms with van der Waals surface area (Å²) >= 11 is 0. The number of nitrogens with zero attached hydrogens (tertiary/aromatic N) is 1. The van der Waals surface area contributed by atoms with Crippen LogP contribution in [0, 0.1) is 0 Å². The quantitative estimate of drug-likeness (QED) is 0.528. The Kier molecular flexibility index (Phi) is 2.68. The van der Waals surface area contributed by atoms with E-state index in [9.17, 15) is 0 Å². The van der Waals surface area contributed by atoms with Crippen LogP contribution < -0.4 is 21.3 Å². The Hall–Kier alpha value is -1.42. The van der Waals surface area contributed by atoms with Gasteiger partial charge in [-0.2, -0.15) is 0 Å². The van der Waals surface area contributed by atoms with E-state index in [1.54, 1.807) is 4.90 Å². The van der Waals surface area contributed by atoms with Gasteiger partial charge in [-0.15, -0.1) is 0 Å². The van der Waals surface area contributed by atoms with E-state index in [0.29, 0.717) is 0 Å². The summed E-state index contributed by atoms with van der Waals surface area (Å²) in [5.41, 5.74) is 14.3. The van der Waals surface area contributed by atoms with Gasteiger partial charge in [-0.1, -0.05) is 0 Å². The van der Waals surface area contributed by atoms with Crippen molar-refractivity contribution in [1.82, 2.24) is 0 Å². The Morgan fingerprint density at radius 2 is 1.87 bits per heavy atom. The van der Waals surface area contributed by atoms with Gasteiger partial charge in [-0.3, -0.25) is 0 Å². The molecular weight excluding hydrogens is 188 g/mol. The maximum Gasteiger partial charge on any atom is 0.0947 e. The lowest BCUT2D eigenvalue weighted by Gasteiger charge is -2.32. The molecule has 1 saturated heterocycles. The molecular formula is C11H19N4+. The highest BCUT2D eigenvalue weighted by Gasteiger charge is 2.18. The van der Waals surface area contributed by atoms with Crippen LogP contribution in [-0.2, 0) is 0 Å². The van der Waals surface area contributed by atoms with Crippen molar-refractivity contribution in [3.63, 3.8) is 0 Å². The molecule has 0 unspecified atom stereocenters. The van der Waals surface area contributed by atoms with Crippen molar-refractivity contribution in [1.29, 1.82) is 0 Å². The van der Waals surface area contributed by atoms with Crippen molar-refractivity contribution in [3.05, 3.63) is 18.2 Å². The van der Waals surface area contributed by atoms with E-state index in [1.165, 1.54) is 13.1 Å². The third kappa shape index (κ3) is 2.15. The monoisotopic (exact) mass is 207 g/mol. The van der Waals surface area contributed by atoms with Crippen LogP contribution >= 0.6 is 0 Å². The normalized spacial score (nSPS) is 18.1. The molecule has 5 N–H and O–H groups in total. The van der Waals surface area contributed by atoms with Crippen LogP contribution in [0.15, 0.2) is 18.2 Å². The first-order valence-electron chi connectivity index (χ1n) is 5.38. The molecule has 0 saturated carbocycles. The van der Waals surface area contributed by atoms with Crippen molar-refractivity contribution >= 4 is 17.1 Å². The molecule has 82 valence electrons. The fraction of sp³-hybridized carbons (Fsp3) is 0.455. The largest absolute Gasteiger partial charge is 0.399 e. The predicted molar refractivity (Wildman–Crippen MR) is 64.1 cm³/mol. The van der Waals surface area contributed by atoms with Gasteiger partial charge in [0, 0.05) is 5.69 Å². The van der Waals surface area contributed by atoms with Crippen LogP contribution in [0.4, 0.5) is 17.1 Å². The second-order valence-electron chi connectivity index (χ2n) is 4.26. The molecule has 0 atom stereocenters. The number of nitrogens with one attached hydrogen (secondary N) is 1. The van der Waals surface area contributed by atoms with E-state index in [0.717, 1.165) is 30.2 Å². The number of nitrogen functional groups attached to an aromatic ring is 2. The maximum atomic E-state index is 5.96. The summed E-state index contributed by atoms with van der Waals surface area (Å²) in [5, 5.41) is 0. The molecule has 2 rings (SSSR count). The molecule has 4 nitrogen and oxygen atoms in total. The summed E-state index contributed by atoms with van der Waals surface area (Å²) in [6, 6.07) is 5.77. The molecule has 4 heteroatoms. The Balaban J connectivity index is 2.15. The zero-order valence-corrected chi connectivity index (χ0v) is 9.16. The number of nitrogens with two attached hydrogens (primary N) is 2. The van der Waals surface area contributed by atoms with Gasteiger partial charge in [-0.25, -0.2) is 0 Å². The molecule has 0 bridgehead atoms. The molecule has 0 aromatic heterocycles. The number of rotatable bonds is 1. The van der Waals surface area contributed by atoms with E-state index >= 15 is 0 Å². The van der Waals surface area contributed by atoms with Crippen LogP contribution in [0.1, 0.15) is 0 Å². The SMILES string of the molecule is C[NH+]1CCN(c2ccc(N)cc2N)CC1. The Bertz CT molecular complexity index is 342. The van der Waals surface area contributed by atoms with Crippen molar-refractivity contribution in [3.8, 4) is 0 Å². The minimum atomic E-state index is 0.732. The maximum absolute atomic E-state index is 5.96. The van der Waals surface area contributed by atoms with Crippen molar-refractivity contribution in [2.45, 2.75) is 0 Å². The summed E-state index contributed by atoms with van der Waals surface area (Å²) < 4.78 is 0. The van der Waals surface area contributed by atoms with Crippen molar-refractivity contribution in [2.24, 2.45) is 0 Å². The zero-order chi connectivity index (χ0) is 10.8. The third-order valence-electron chi connectivity index (χ3n) is 3.01. The van der Waals surface area contributed by atoms with E-state index in [4.69, 9.17) is 11.5 Å². The molecule has 0 spiro atoms. The fourth-order valence-corrected chi connectivity index (χ4v) is 1.99. The van der Waals surface area contributed by atoms with Crippen molar-refractivity contribution in [2.75, 3.05) is 49.6 Å². The number of hydrogen-bond acceptors (Lipinski definition) is 3. The average molecular weight is 207 g/mol. The van der Waals surface area contributed by atoms with E-state index in [2.05, 4.69) is 11.9 Å². The highest BCUT2D eigenvalue weighted by atomic mass is 15.2. The van der Waals surface area contributed by atoms with Crippen LogP contribution in [0.3, 0.4) is 0 Å². The van der Waals surface area contributed by atoms with Gasteiger partial charge in [0.15, 0.2) is 0 Å². The zero-order valence-electron chi connectivity index (χ0n) is 9.16. The number of benzene rings is 1. The molecule has 0 aliphatic carbocycles. The molecule has 1 aromatic rings. The minimum absolute atomic E-state index is 0.732. The Morgan fingerprint density at radius 3 is 2.47 bits per heavy atom. The van der Waals surface area contributed by atoms with E-state index < -0.39 is 0 Å². The first-order chi connectivity index (χ1) is 7.16. The third-order valence-corrected chi connectivity index (χ3v) is 3.01. The highest BCUT2D eigenvalue weighted by molar-refractivity contribution is 5.71.